The van der Waals surface area contributed by atoms with E-state index in [4.69, 9.17) is 4.42 Å². The molecular weight excluding hydrogens is 479 g/mol. The molecule has 16 heteroatoms. The van der Waals surface area contributed by atoms with Crippen LogP contribution in [0, 0.1) is 5.82 Å². The Balaban J connectivity index is 1.82. The molecule has 3 aromatic rings. The van der Waals surface area contributed by atoms with E-state index < -0.39 is 46.6 Å². The lowest BCUT2D eigenvalue weighted by Gasteiger charge is -2.20. The van der Waals surface area contributed by atoms with Crippen molar-refractivity contribution in [1.29, 1.82) is 0 Å². The molecule has 2 N–H and O–H groups in total. The summed E-state index contributed by atoms with van der Waals surface area (Å²) < 4.78 is 98.5. The fraction of sp³-hybridized carbons (Fsp3) is 0.294. The van der Waals surface area contributed by atoms with Crippen LogP contribution in [-0.2, 0) is 10.0 Å². The topological polar surface area (TPSA) is 132 Å². The minimum absolute atomic E-state index is 0.0973. The van der Waals surface area contributed by atoms with Gasteiger partial charge in [-0.25, -0.2) is 27.5 Å². The van der Waals surface area contributed by atoms with Crippen LogP contribution in [0.25, 0.3) is 11.5 Å². The number of nitrogens with one attached hydrogen (secondary N) is 2. The Hall–Kier alpha value is -3.40. The third kappa shape index (κ3) is 6.79. The summed E-state index contributed by atoms with van der Waals surface area (Å²) in [7, 11) is -3.67. The Bertz CT molecular complexity index is 1190. The molecule has 1 atom stereocenters. The van der Waals surface area contributed by atoms with Crippen LogP contribution in [0.1, 0.15) is 23.9 Å². The lowest BCUT2D eigenvalue weighted by Crippen LogP contribution is -2.31. The summed E-state index contributed by atoms with van der Waals surface area (Å²) in [5, 5.41) is 9.34. The number of ether oxygens (including phenoxy) is 1. The molecule has 2 heterocycles. The summed E-state index contributed by atoms with van der Waals surface area (Å²) in [6, 6.07) is 1.87. The maximum absolute atomic E-state index is 14.6. The monoisotopic (exact) mass is 494 g/mol. The summed E-state index contributed by atoms with van der Waals surface area (Å²) in [5.74, 6) is -2.62. The van der Waals surface area contributed by atoms with E-state index in [1.165, 1.54) is 0 Å². The number of rotatable bonds is 10. The molecule has 0 aliphatic carbocycles. The predicted molar refractivity (Wildman–Crippen MR) is 103 cm³/mol. The van der Waals surface area contributed by atoms with Gasteiger partial charge in [0.1, 0.15) is 11.6 Å². The van der Waals surface area contributed by atoms with Gasteiger partial charge < -0.3 is 14.5 Å². The van der Waals surface area contributed by atoms with Gasteiger partial charge in [-0.1, -0.05) is 6.07 Å². The summed E-state index contributed by atoms with van der Waals surface area (Å²) in [4.78, 5) is 7.89. The molecule has 0 saturated carbocycles. The highest BCUT2D eigenvalue weighted by Crippen LogP contribution is 2.26. The van der Waals surface area contributed by atoms with Crippen molar-refractivity contribution in [2.75, 3.05) is 18.1 Å². The van der Waals surface area contributed by atoms with Crippen LogP contribution < -0.4 is 14.8 Å². The van der Waals surface area contributed by atoms with Crippen molar-refractivity contribution >= 4 is 16.0 Å². The molecule has 178 valence electrons. The number of anilines is 1. The Morgan fingerprint density at radius 2 is 1.82 bits per heavy atom. The number of sulfonamides is 1. The minimum atomic E-state index is -3.67. The Kier molecular flexibility index (Phi) is 7.37. The average Bonchev–Trinajstić information content (AvgIpc) is 3.21. The molecule has 0 unspecified atom stereocenters. The first-order valence-electron chi connectivity index (χ1n) is 8.91. The smallest absolute Gasteiger partial charge is 0.387 e. The van der Waals surface area contributed by atoms with Crippen molar-refractivity contribution in [3.05, 3.63) is 47.9 Å². The van der Waals surface area contributed by atoms with E-state index in [0.29, 0.717) is 0 Å². The SMILES string of the molecule is CS(=O)(=O)NC[C@@H](Nc1ncc(-c2nnc(C(F)F)o2)cn1)c1ccc(OC(F)F)cc1F. The number of hydrogen-bond acceptors (Lipinski definition) is 9. The first kappa shape index (κ1) is 24.2. The molecule has 33 heavy (non-hydrogen) atoms. The number of nitrogens with zero attached hydrogens (tertiary/aromatic N) is 4. The van der Waals surface area contributed by atoms with Gasteiger partial charge in [0.05, 0.1) is 17.9 Å². The van der Waals surface area contributed by atoms with Crippen molar-refractivity contribution < 1.29 is 39.5 Å². The second kappa shape index (κ2) is 10.0. The highest BCUT2D eigenvalue weighted by molar-refractivity contribution is 7.88. The highest BCUT2D eigenvalue weighted by atomic mass is 32.2. The van der Waals surface area contributed by atoms with Crippen molar-refractivity contribution in [3.63, 3.8) is 0 Å². The largest absolute Gasteiger partial charge is 0.435 e. The van der Waals surface area contributed by atoms with Gasteiger partial charge >= 0.3 is 13.0 Å². The number of hydrogen-bond donors (Lipinski definition) is 2. The quantitative estimate of drug-likeness (QED) is 0.408. The van der Waals surface area contributed by atoms with Crippen LogP contribution in [0.4, 0.5) is 27.9 Å². The second-order valence-electron chi connectivity index (χ2n) is 6.42. The summed E-state index contributed by atoms with van der Waals surface area (Å²) in [5.41, 5.74) is 0.0179. The summed E-state index contributed by atoms with van der Waals surface area (Å²) in [6.07, 6.45) is 0.261. The van der Waals surface area contributed by atoms with Crippen molar-refractivity contribution in [2.45, 2.75) is 19.1 Å². The van der Waals surface area contributed by atoms with Crippen LogP contribution in [0.15, 0.2) is 35.0 Å². The molecular formula is C17H15F5N6O4S. The maximum atomic E-state index is 14.6. The molecule has 0 saturated heterocycles. The zero-order chi connectivity index (χ0) is 24.2. The van der Waals surface area contributed by atoms with Gasteiger partial charge in [0, 0.05) is 30.6 Å². The van der Waals surface area contributed by atoms with Crippen LogP contribution >= 0.6 is 0 Å². The van der Waals surface area contributed by atoms with Gasteiger partial charge in [0.25, 0.3) is 11.8 Å². The zero-order valence-electron chi connectivity index (χ0n) is 16.5. The molecule has 0 radical (unpaired) electrons. The summed E-state index contributed by atoms with van der Waals surface area (Å²) in [6.45, 7) is -3.50. The molecule has 0 bridgehead atoms. The highest BCUT2D eigenvalue weighted by Gasteiger charge is 2.21. The first-order valence-corrected chi connectivity index (χ1v) is 10.8. The minimum Gasteiger partial charge on any atom is -0.435 e. The Morgan fingerprint density at radius 1 is 1.12 bits per heavy atom. The number of alkyl halides is 4. The van der Waals surface area contributed by atoms with Gasteiger partial charge in [-0.3, -0.25) is 0 Å². The molecule has 0 spiro atoms. The summed E-state index contributed by atoms with van der Waals surface area (Å²) >= 11 is 0. The van der Waals surface area contributed by atoms with Gasteiger partial charge in [0.15, 0.2) is 0 Å². The lowest BCUT2D eigenvalue weighted by atomic mass is 10.1. The number of benzene rings is 1. The van der Waals surface area contributed by atoms with Gasteiger partial charge in [-0.2, -0.15) is 17.6 Å². The molecule has 0 aliphatic rings. The van der Waals surface area contributed by atoms with E-state index in [1.54, 1.807) is 0 Å². The predicted octanol–water partition coefficient (Wildman–Crippen LogP) is 2.91. The van der Waals surface area contributed by atoms with Gasteiger partial charge in [-0.15, -0.1) is 10.2 Å². The first-order chi connectivity index (χ1) is 15.5. The van der Waals surface area contributed by atoms with Crippen LogP contribution in [0.2, 0.25) is 0 Å². The molecule has 2 aromatic heterocycles. The van der Waals surface area contributed by atoms with Crippen LogP contribution in [-0.4, -0.2) is 48.0 Å². The van der Waals surface area contributed by atoms with Crippen LogP contribution in [0.3, 0.4) is 0 Å². The molecule has 0 fully saturated rings. The van der Waals surface area contributed by atoms with Gasteiger partial charge in [0.2, 0.25) is 16.0 Å². The van der Waals surface area contributed by atoms with Crippen molar-refractivity contribution in [1.82, 2.24) is 24.9 Å². The Labute approximate surface area is 183 Å². The average molecular weight is 494 g/mol. The number of halogens is 5. The number of aromatic nitrogens is 4. The van der Waals surface area contributed by atoms with Gasteiger partial charge in [-0.05, 0) is 6.07 Å². The molecule has 0 aliphatic heterocycles. The Morgan fingerprint density at radius 3 is 2.36 bits per heavy atom. The van der Waals surface area contributed by atoms with Crippen molar-refractivity contribution in [2.24, 2.45) is 0 Å². The molecule has 10 nitrogen and oxygen atoms in total. The normalized spacial score (nSPS) is 12.8. The molecule has 0 amide bonds. The lowest BCUT2D eigenvalue weighted by molar-refractivity contribution is -0.0500. The van der Waals surface area contributed by atoms with E-state index in [-0.39, 0.29) is 29.5 Å². The van der Waals surface area contributed by atoms with Crippen molar-refractivity contribution in [3.8, 4) is 17.2 Å². The van der Waals surface area contributed by atoms with E-state index in [9.17, 15) is 30.4 Å². The molecule has 1 aromatic carbocycles. The van der Waals surface area contributed by atoms with Crippen LogP contribution in [0.5, 0.6) is 5.75 Å². The second-order valence-corrected chi connectivity index (χ2v) is 8.25. The fourth-order valence-electron chi connectivity index (χ4n) is 2.55. The fourth-order valence-corrected chi connectivity index (χ4v) is 3.02. The standard InChI is InChI=1S/C17H15F5N6O4S/c1-33(29,30)25-7-12(10-3-2-9(4-11(10)18)31-16(21)22)26-17-23-5-8(6-24-17)14-27-28-15(32-14)13(19)20/h2-6,12-13,16,25H,7H2,1H3,(H,23,24,26)/t12-/m1/s1. The van der Waals surface area contributed by atoms with E-state index in [0.717, 1.165) is 36.8 Å². The third-order valence-corrected chi connectivity index (χ3v) is 4.64. The maximum Gasteiger partial charge on any atom is 0.387 e. The zero-order valence-corrected chi connectivity index (χ0v) is 17.4. The van der Waals surface area contributed by atoms with E-state index in [1.807, 2.05) is 0 Å². The van der Waals surface area contributed by atoms with E-state index in [2.05, 4.69) is 34.9 Å². The third-order valence-electron chi connectivity index (χ3n) is 3.95. The van der Waals surface area contributed by atoms with E-state index >= 15 is 0 Å². The molecule has 3 rings (SSSR count).